The van der Waals surface area contributed by atoms with Crippen LogP contribution in [0.5, 0.6) is 0 Å². The maximum atomic E-state index is 6.19. The minimum atomic E-state index is -0.330. The van der Waals surface area contributed by atoms with Crippen LogP contribution in [-0.2, 0) is 14.0 Å². The van der Waals surface area contributed by atoms with Gasteiger partial charge in [0.2, 0.25) is 0 Å². The van der Waals surface area contributed by atoms with Gasteiger partial charge in [-0.1, -0.05) is 28.1 Å². The van der Waals surface area contributed by atoms with Crippen molar-refractivity contribution in [2.24, 2.45) is 0 Å². The summed E-state index contributed by atoms with van der Waals surface area (Å²) in [5.41, 5.74) is 1.75. The highest BCUT2D eigenvalue weighted by molar-refractivity contribution is 9.10. The first kappa shape index (κ1) is 16.5. The molecule has 0 bridgehead atoms. The molecule has 0 aliphatic carbocycles. The average molecular weight is 367 g/mol. The Morgan fingerprint density at radius 2 is 1.82 bits per heavy atom. The van der Waals surface area contributed by atoms with Gasteiger partial charge in [-0.15, -0.1) is 0 Å². The van der Waals surface area contributed by atoms with Gasteiger partial charge in [0.15, 0.2) is 0 Å². The lowest BCUT2D eigenvalue weighted by Crippen LogP contribution is -2.41. The molecule has 5 heteroatoms. The fourth-order valence-electron chi connectivity index (χ4n) is 2.97. The Kier molecular flexibility index (Phi) is 4.45. The van der Waals surface area contributed by atoms with Gasteiger partial charge in [0.05, 0.1) is 17.8 Å². The molecule has 0 aromatic heterocycles. The van der Waals surface area contributed by atoms with Crippen LogP contribution >= 0.6 is 15.9 Å². The van der Waals surface area contributed by atoms with E-state index >= 15 is 0 Å². The van der Waals surface area contributed by atoms with E-state index in [-0.39, 0.29) is 18.3 Å². The minimum Gasteiger partial charge on any atom is -0.399 e. The number of rotatable bonds is 2. The molecule has 0 radical (unpaired) electrons. The Balaban J connectivity index is 1.88. The smallest absolute Gasteiger partial charge is 0.399 e. The third kappa shape index (κ3) is 3.01. The quantitative estimate of drug-likeness (QED) is 0.748. The molecule has 3 rings (SSSR count). The van der Waals surface area contributed by atoms with Gasteiger partial charge in [0.25, 0.3) is 0 Å². The molecule has 1 aromatic carbocycles. The highest BCUT2D eigenvalue weighted by Gasteiger charge is 2.52. The van der Waals surface area contributed by atoms with Crippen molar-refractivity contribution in [2.45, 2.75) is 57.7 Å². The van der Waals surface area contributed by atoms with E-state index in [0.29, 0.717) is 5.92 Å². The lowest BCUT2D eigenvalue weighted by molar-refractivity contribution is 0.00578. The summed E-state index contributed by atoms with van der Waals surface area (Å²) in [6.45, 7) is 10.0. The second kappa shape index (κ2) is 5.93. The molecule has 0 spiro atoms. The van der Waals surface area contributed by atoms with Gasteiger partial charge in [-0.05, 0) is 57.6 Å². The topological polar surface area (TPSA) is 27.7 Å². The molecule has 0 N–H and O–H groups in total. The molecule has 0 amide bonds. The largest absolute Gasteiger partial charge is 0.496 e. The number of benzene rings is 1. The Morgan fingerprint density at radius 1 is 1.14 bits per heavy atom. The van der Waals surface area contributed by atoms with Crippen LogP contribution in [-0.4, -0.2) is 31.5 Å². The van der Waals surface area contributed by atoms with E-state index in [1.54, 1.807) is 0 Å². The van der Waals surface area contributed by atoms with Crippen molar-refractivity contribution < 1.29 is 14.0 Å². The second-order valence-electron chi connectivity index (χ2n) is 7.28. The van der Waals surface area contributed by atoms with Crippen LogP contribution in [0.1, 0.15) is 52.0 Å². The van der Waals surface area contributed by atoms with Crippen LogP contribution in [0.3, 0.4) is 0 Å². The molecule has 2 saturated heterocycles. The third-order valence-electron chi connectivity index (χ3n) is 5.16. The molecule has 2 heterocycles. The molecule has 2 aliphatic rings. The van der Waals surface area contributed by atoms with Crippen LogP contribution in [0.4, 0.5) is 0 Å². The van der Waals surface area contributed by atoms with Crippen LogP contribution in [0.25, 0.3) is 0 Å². The van der Waals surface area contributed by atoms with Gasteiger partial charge >= 0.3 is 7.12 Å². The summed E-state index contributed by atoms with van der Waals surface area (Å²) in [6.07, 6.45) is 2.32. The first-order valence-corrected chi connectivity index (χ1v) is 8.82. The van der Waals surface area contributed by atoms with Gasteiger partial charge in [0.1, 0.15) is 0 Å². The van der Waals surface area contributed by atoms with Crippen molar-refractivity contribution in [3.05, 3.63) is 28.2 Å². The molecule has 120 valence electrons. The Bertz CT molecular complexity index is 537. The maximum absolute atomic E-state index is 6.19. The maximum Gasteiger partial charge on any atom is 0.496 e. The van der Waals surface area contributed by atoms with E-state index in [1.165, 1.54) is 12.0 Å². The summed E-state index contributed by atoms with van der Waals surface area (Å²) in [5.74, 6) is 0.475. The Labute approximate surface area is 142 Å². The van der Waals surface area contributed by atoms with Crippen LogP contribution in [0.15, 0.2) is 22.7 Å². The lowest BCUT2D eigenvalue weighted by atomic mass is 9.77. The summed E-state index contributed by atoms with van der Waals surface area (Å²) >= 11 is 3.65. The van der Waals surface area contributed by atoms with E-state index in [0.717, 1.165) is 29.6 Å². The van der Waals surface area contributed by atoms with Crippen molar-refractivity contribution >= 4 is 28.5 Å². The van der Waals surface area contributed by atoms with E-state index in [2.05, 4.69) is 61.8 Å². The number of halogens is 1. The summed E-state index contributed by atoms with van der Waals surface area (Å²) in [6, 6.07) is 6.49. The Hall–Kier alpha value is -0.355. The Morgan fingerprint density at radius 3 is 2.41 bits per heavy atom. The molecule has 2 fully saturated rings. The van der Waals surface area contributed by atoms with E-state index < -0.39 is 0 Å². The van der Waals surface area contributed by atoms with Gasteiger partial charge in [-0.2, -0.15) is 0 Å². The van der Waals surface area contributed by atoms with Crippen LogP contribution in [0.2, 0.25) is 0 Å². The van der Waals surface area contributed by atoms with Gasteiger partial charge in [-0.25, -0.2) is 0 Å². The molecular formula is C17H24BBrO3. The standard InChI is InChI=1S/C17H24BBrO3/c1-16(2)17(3,4)22-18(21-16)14-10-12(7-8-15(14)19)13-6-5-9-20-11-13/h7-8,10,13H,5-6,9,11H2,1-4H3. The zero-order chi connectivity index (χ0) is 16.0. The first-order chi connectivity index (χ1) is 10.3. The van der Waals surface area contributed by atoms with Crippen molar-refractivity contribution in [1.82, 2.24) is 0 Å². The molecule has 1 aromatic rings. The third-order valence-corrected chi connectivity index (χ3v) is 5.88. The molecule has 1 atom stereocenters. The number of ether oxygens (including phenoxy) is 1. The van der Waals surface area contributed by atoms with E-state index in [9.17, 15) is 0 Å². The molecule has 3 nitrogen and oxygen atoms in total. The highest BCUT2D eigenvalue weighted by atomic mass is 79.9. The predicted octanol–water partition coefficient (Wildman–Crippen LogP) is 3.64. The predicted molar refractivity (Wildman–Crippen MR) is 92.7 cm³/mol. The van der Waals surface area contributed by atoms with Crippen molar-refractivity contribution in [3.63, 3.8) is 0 Å². The van der Waals surface area contributed by atoms with Gasteiger partial charge in [0, 0.05) is 17.0 Å². The SMILES string of the molecule is CC1(C)OB(c2cc(C3CCCOC3)ccc2Br)OC1(C)C. The number of hydrogen-bond acceptors (Lipinski definition) is 3. The fourth-order valence-corrected chi connectivity index (χ4v) is 3.40. The first-order valence-electron chi connectivity index (χ1n) is 8.03. The zero-order valence-electron chi connectivity index (χ0n) is 13.8. The molecule has 0 saturated carbocycles. The molecule has 2 aliphatic heterocycles. The summed E-state index contributed by atoms with van der Waals surface area (Å²) < 4.78 is 19.0. The minimum absolute atomic E-state index is 0.318. The monoisotopic (exact) mass is 366 g/mol. The normalized spacial score (nSPS) is 27.1. The van der Waals surface area contributed by atoms with E-state index in [1.807, 2.05) is 0 Å². The lowest BCUT2D eigenvalue weighted by Gasteiger charge is -2.32. The van der Waals surface area contributed by atoms with Crippen molar-refractivity contribution in [3.8, 4) is 0 Å². The van der Waals surface area contributed by atoms with Gasteiger partial charge < -0.3 is 14.0 Å². The zero-order valence-corrected chi connectivity index (χ0v) is 15.4. The van der Waals surface area contributed by atoms with Crippen molar-refractivity contribution in [2.75, 3.05) is 13.2 Å². The van der Waals surface area contributed by atoms with Crippen LogP contribution < -0.4 is 5.46 Å². The summed E-state index contributed by atoms with van der Waals surface area (Å²) in [7, 11) is -0.330. The van der Waals surface area contributed by atoms with Gasteiger partial charge in [-0.3, -0.25) is 0 Å². The van der Waals surface area contributed by atoms with Crippen molar-refractivity contribution in [1.29, 1.82) is 0 Å². The number of hydrogen-bond donors (Lipinski definition) is 0. The molecule has 22 heavy (non-hydrogen) atoms. The average Bonchev–Trinajstić information content (AvgIpc) is 2.69. The molecule has 1 unspecified atom stereocenters. The fraction of sp³-hybridized carbons (Fsp3) is 0.647. The second-order valence-corrected chi connectivity index (χ2v) is 8.14. The molecular weight excluding hydrogens is 343 g/mol. The summed E-state index contributed by atoms with van der Waals surface area (Å²) in [5, 5.41) is 0. The summed E-state index contributed by atoms with van der Waals surface area (Å²) in [4.78, 5) is 0. The highest BCUT2D eigenvalue weighted by Crippen LogP contribution is 2.37. The van der Waals surface area contributed by atoms with Crippen LogP contribution in [0, 0.1) is 0 Å². The van der Waals surface area contributed by atoms with E-state index in [4.69, 9.17) is 14.0 Å².